The highest BCUT2D eigenvalue weighted by Crippen LogP contribution is 2.21. The van der Waals surface area contributed by atoms with E-state index in [1.165, 1.54) is 12.1 Å². The maximum atomic E-state index is 13.7. The van der Waals surface area contributed by atoms with Gasteiger partial charge >= 0.3 is 0 Å². The zero-order valence-corrected chi connectivity index (χ0v) is 12.2. The van der Waals surface area contributed by atoms with Crippen LogP contribution in [0, 0.1) is 11.6 Å². The Hall–Kier alpha value is -1.94. The molecule has 0 spiro atoms. The van der Waals surface area contributed by atoms with Gasteiger partial charge in [-0.15, -0.1) is 0 Å². The average molecular weight is 291 g/mol. The Labute approximate surface area is 123 Å². The van der Waals surface area contributed by atoms with Gasteiger partial charge in [-0.3, -0.25) is 0 Å². The van der Waals surface area contributed by atoms with E-state index in [9.17, 15) is 8.78 Å². The topological polar surface area (TPSA) is 21.3 Å². The zero-order chi connectivity index (χ0) is 15.2. The van der Waals surface area contributed by atoms with Crippen molar-refractivity contribution in [1.29, 1.82) is 0 Å². The largest absolute Gasteiger partial charge is 0.496 e. The van der Waals surface area contributed by atoms with Crippen LogP contribution in [0.2, 0.25) is 0 Å². The number of para-hydroxylation sites is 1. The molecule has 2 nitrogen and oxygen atoms in total. The Balaban J connectivity index is 2.15. The van der Waals surface area contributed by atoms with E-state index in [4.69, 9.17) is 4.74 Å². The summed E-state index contributed by atoms with van der Waals surface area (Å²) >= 11 is 0. The molecule has 0 fully saturated rings. The van der Waals surface area contributed by atoms with E-state index in [1.807, 2.05) is 31.3 Å². The minimum absolute atomic E-state index is 0.00222. The molecule has 0 aliphatic heterocycles. The molecule has 1 N–H and O–H groups in total. The lowest BCUT2D eigenvalue weighted by atomic mass is 9.98. The van der Waals surface area contributed by atoms with Crippen LogP contribution in [0.4, 0.5) is 8.78 Å². The Morgan fingerprint density at radius 2 is 1.76 bits per heavy atom. The van der Waals surface area contributed by atoms with Gasteiger partial charge in [-0.25, -0.2) is 8.78 Å². The van der Waals surface area contributed by atoms with Gasteiger partial charge in [0.1, 0.15) is 17.4 Å². The van der Waals surface area contributed by atoms with Crippen molar-refractivity contribution in [3.8, 4) is 5.75 Å². The first-order valence-corrected chi connectivity index (χ1v) is 6.87. The number of methoxy groups -OCH3 is 1. The molecule has 21 heavy (non-hydrogen) atoms. The molecule has 0 amide bonds. The van der Waals surface area contributed by atoms with E-state index in [0.717, 1.165) is 17.4 Å². The summed E-state index contributed by atoms with van der Waals surface area (Å²) in [6.45, 7) is 0. The normalized spacial score (nSPS) is 12.2. The van der Waals surface area contributed by atoms with E-state index in [0.29, 0.717) is 18.4 Å². The molecule has 0 heterocycles. The summed E-state index contributed by atoms with van der Waals surface area (Å²) in [5, 5.41) is 3.15. The molecule has 0 saturated carbocycles. The molecule has 0 aliphatic rings. The highest BCUT2D eigenvalue weighted by Gasteiger charge is 2.14. The minimum atomic E-state index is -0.418. The van der Waals surface area contributed by atoms with E-state index >= 15 is 0 Å². The van der Waals surface area contributed by atoms with Crippen LogP contribution in [0.3, 0.4) is 0 Å². The third-order valence-electron chi connectivity index (χ3n) is 3.54. The van der Waals surface area contributed by atoms with Crippen LogP contribution < -0.4 is 10.1 Å². The monoisotopic (exact) mass is 291 g/mol. The fourth-order valence-corrected chi connectivity index (χ4v) is 2.38. The highest BCUT2D eigenvalue weighted by atomic mass is 19.1. The van der Waals surface area contributed by atoms with Gasteiger partial charge in [0.25, 0.3) is 0 Å². The van der Waals surface area contributed by atoms with E-state index in [2.05, 4.69) is 5.32 Å². The summed E-state index contributed by atoms with van der Waals surface area (Å²) in [6.07, 6.45) is 1.09. The number of benzene rings is 2. The van der Waals surface area contributed by atoms with Crippen LogP contribution in [0.25, 0.3) is 0 Å². The zero-order valence-electron chi connectivity index (χ0n) is 12.2. The first-order valence-electron chi connectivity index (χ1n) is 6.87. The predicted molar refractivity (Wildman–Crippen MR) is 79.6 cm³/mol. The van der Waals surface area contributed by atoms with Gasteiger partial charge < -0.3 is 10.1 Å². The molecule has 2 aromatic rings. The Kier molecular flexibility index (Phi) is 5.28. The lowest BCUT2D eigenvalue weighted by Gasteiger charge is -2.18. The average Bonchev–Trinajstić information content (AvgIpc) is 2.50. The highest BCUT2D eigenvalue weighted by molar-refractivity contribution is 5.34. The van der Waals surface area contributed by atoms with Crippen LogP contribution in [-0.2, 0) is 12.8 Å². The smallest absolute Gasteiger partial charge is 0.126 e. The number of hydrogen-bond donors (Lipinski definition) is 1. The van der Waals surface area contributed by atoms with Crippen molar-refractivity contribution in [1.82, 2.24) is 5.32 Å². The number of hydrogen-bond acceptors (Lipinski definition) is 2. The van der Waals surface area contributed by atoms with Crippen LogP contribution in [-0.4, -0.2) is 20.2 Å². The number of nitrogens with one attached hydrogen (secondary N) is 1. The second-order valence-electron chi connectivity index (χ2n) is 4.94. The van der Waals surface area contributed by atoms with Gasteiger partial charge in [0.2, 0.25) is 0 Å². The Bertz CT molecular complexity index is 601. The molecule has 2 rings (SSSR count). The number of likely N-dealkylation sites (N-methyl/N-ethyl adjacent to an activating group) is 1. The fourth-order valence-electron chi connectivity index (χ4n) is 2.38. The lowest BCUT2D eigenvalue weighted by molar-refractivity contribution is 0.405. The van der Waals surface area contributed by atoms with E-state index in [-0.39, 0.29) is 11.9 Å². The molecule has 1 unspecified atom stereocenters. The number of ether oxygens (including phenoxy) is 1. The van der Waals surface area contributed by atoms with Gasteiger partial charge in [-0.05, 0) is 55.3 Å². The maximum Gasteiger partial charge on any atom is 0.126 e. The summed E-state index contributed by atoms with van der Waals surface area (Å²) in [4.78, 5) is 0. The molecule has 112 valence electrons. The number of rotatable bonds is 6. The van der Waals surface area contributed by atoms with Crippen LogP contribution in [0.1, 0.15) is 11.1 Å². The van der Waals surface area contributed by atoms with Crippen molar-refractivity contribution in [2.45, 2.75) is 18.9 Å². The second-order valence-corrected chi connectivity index (χ2v) is 4.94. The predicted octanol–water partition coefficient (Wildman–Crippen LogP) is 3.35. The molecule has 0 radical (unpaired) electrons. The van der Waals surface area contributed by atoms with Crippen molar-refractivity contribution in [2.24, 2.45) is 0 Å². The molecule has 0 aromatic heterocycles. The molecule has 0 aliphatic carbocycles. The van der Waals surface area contributed by atoms with Crippen LogP contribution in [0.15, 0.2) is 42.5 Å². The van der Waals surface area contributed by atoms with Crippen molar-refractivity contribution in [3.63, 3.8) is 0 Å². The third-order valence-corrected chi connectivity index (χ3v) is 3.54. The summed E-state index contributed by atoms with van der Waals surface area (Å²) in [5.41, 5.74) is 1.42. The van der Waals surface area contributed by atoms with Gasteiger partial charge in [-0.1, -0.05) is 18.2 Å². The molecular formula is C17H19F2NO. The van der Waals surface area contributed by atoms with Crippen molar-refractivity contribution >= 4 is 0 Å². The molecular weight excluding hydrogens is 272 g/mol. The van der Waals surface area contributed by atoms with Crippen LogP contribution >= 0.6 is 0 Å². The van der Waals surface area contributed by atoms with Gasteiger partial charge in [-0.2, -0.15) is 0 Å². The molecule has 0 saturated heterocycles. The SMILES string of the molecule is CNC(Cc1cc(F)ccc1F)Cc1ccccc1OC. The summed E-state index contributed by atoms with van der Waals surface area (Å²) < 4.78 is 32.3. The quantitative estimate of drug-likeness (QED) is 0.881. The standard InChI is InChI=1S/C17H19F2NO/c1-20-15(10-12-5-3-4-6-17(12)21-2)11-13-9-14(18)7-8-16(13)19/h3-9,15,20H,10-11H2,1-2H3. The van der Waals surface area contributed by atoms with E-state index < -0.39 is 5.82 Å². The molecule has 4 heteroatoms. The summed E-state index contributed by atoms with van der Waals surface area (Å²) in [7, 11) is 3.44. The molecule has 0 bridgehead atoms. The Morgan fingerprint density at radius 1 is 1.05 bits per heavy atom. The van der Waals surface area contributed by atoms with Crippen molar-refractivity contribution in [2.75, 3.05) is 14.2 Å². The van der Waals surface area contributed by atoms with Gasteiger partial charge in [0.05, 0.1) is 7.11 Å². The maximum absolute atomic E-state index is 13.7. The fraction of sp³-hybridized carbons (Fsp3) is 0.294. The molecule has 2 aromatic carbocycles. The van der Waals surface area contributed by atoms with E-state index in [1.54, 1.807) is 7.11 Å². The number of halogens is 2. The minimum Gasteiger partial charge on any atom is -0.496 e. The molecule has 1 atom stereocenters. The first-order chi connectivity index (χ1) is 10.1. The van der Waals surface area contributed by atoms with Gasteiger partial charge in [0.15, 0.2) is 0 Å². The first kappa shape index (κ1) is 15.4. The van der Waals surface area contributed by atoms with Crippen LogP contribution in [0.5, 0.6) is 5.75 Å². The third kappa shape index (κ3) is 4.02. The van der Waals surface area contributed by atoms with Gasteiger partial charge in [0, 0.05) is 6.04 Å². The Morgan fingerprint density at radius 3 is 2.48 bits per heavy atom. The summed E-state index contributed by atoms with van der Waals surface area (Å²) in [5.74, 6) is 0.00712. The summed E-state index contributed by atoms with van der Waals surface area (Å²) in [6, 6.07) is 11.3. The lowest BCUT2D eigenvalue weighted by Crippen LogP contribution is -2.30. The van der Waals surface area contributed by atoms with Crippen molar-refractivity contribution in [3.05, 3.63) is 65.2 Å². The second kappa shape index (κ2) is 7.18. The van der Waals surface area contributed by atoms with Crippen molar-refractivity contribution < 1.29 is 13.5 Å².